The second-order valence-electron chi connectivity index (χ2n) is 1.56. The smallest absolute Gasteiger partial charge is 0.402 e. The summed E-state index contributed by atoms with van der Waals surface area (Å²) in [5.74, 6) is 0. The molecule has 0 aliphatic rings. The molecule has 0 atom stereocenters. The van der Waals surface area contributed by atoms with E-state index in [4.69, 9.17) is 15.1 Å². The molecule has 4 N–H and O–H groups in total. The van der Waals surface area contributed by atoms with E-state index >= 15 is 0 Å². The number of rotatable bonds is 0. The van der Waals surface area contributed by atoms with Crippen LogP contribution in [-0.4, -0.2) is 32.4 Å². The minimum atomic E-state index is -2.17. The summed E-state index contributed by atoms with van der Waals surface area (Å²) in [7, 11) is -2.17. The monoisotopic (exact) mass is 144 g/mol. The van der Waals surface area contributed by atoms with Gasteiger partial charge in [0.1, 0.15) is 0 Å². The fourth-order valence-electron chi connectivity index (χ4n) is 0.334. The molecule has 1 rings (SSSR count). The quantitative estimate of drug-likeness (QED) is 0.339. The van der Waals surface area contributed by atoms with E-state index in [1.165, 1.54) is 0 Å². The maximum atomic E-state index is 7.17. The molecule has 0 radical (unpaired) electrons. The molecule has 0 fully saturated rings. The number of hydrogen-bond donors (Lipinski definition) is 4. The Morgan fingerprint density at radius 3 is 2.10 bits per heavy atom. The number of aryl methyl sites for hydroxylation is 1. The highest BCUT2D eigenvalue weighted by molar-refractivity contribution is 6.30. The first-order valence-electron chi connectivity index (χ1n) is 2.62. The minimum absolute atomic E-state index is 1.04. The third kappa shape index (κ3) is 7.15. The van der Waals surface area contributed by atoms with Crippen LogP contribution in [0.25, 0.3) is 0 Å². The summed E-state index contributed by atoms with van der Waals surface area (Å²) in [6.45, 7) is 1.94. The molecule has 0 saturated heterocycles. The largest absolute Gasteiger partial charge is 0.631 e. The number of aromatic amines is 1. The van der Waals surface area contributed by atoms with Gasteiger partial charge in [0.05, 0.1) is 12.0 Å². The van der Waals surface area contributed by atoms with Crippen LogP contribution in [0.15, 0.2) is 12.5 Å². The van der Waals surface area contributed by atoms with E-state index in [1.54, 1.807) is 6.33 Å². The van der Waals surface area contributed by atoms with Crippen molar-refractivity contribution in [2.24, 2.45) is 0 Å². The molecule has 10 heavy (non-hydrogen) atoms. The van der Waals surface area contributed by atoms with Crippen molar-refractivity contribution in [1.82, 2.24) is 9.97 Å². The maximum Gasteiger partial charge on any atom is 0.631 e. The lowest BCUT2D eigenvalue weighted by molar-refractivity contribution is 0.278. The maximum absolute atomic E-state index is 7.17. The Bertz CT molecular complexity index is 151. The van der Waals surface area contributed by atoms with Crippen LogP contribution in [0.1, 0.15) is 5.69 Å². The van der Waals surface area contributed by atoms with Gasteiger partial charge in [-0.25, -0.2) is 4.98 Å². The number of hydrogen-bond acceptors (Lipinski definition) is 4. The number of aromatic nitrogens is 2. The fourth-order valence-corrected chi connectivity index (χ4v) is 0.334. The van der Waals surface area contributed by atoms with E-state index in [9.17, 15) is 0 Å². The zero-order chi connectivity index (χ0) is 7.98. The van der Waals surface area contributed by atoms with Crippen molar-refractivity contribution in [3.63, 3.8) is 0 Å². The van der Waals surface area contributed by atoms with Gasteiger partial charge in [-0.2, -0.15) is 0 Å². The van der Waals surface area contributed by atoms with Crippen LogP contribution in [-0.2, 0) is 0 Å². The lowest BCUT2D eigenvalue weighted by Crippen LogP contribution is -2.07. The van der Waals surface area contributed by atoms with Crippen LogP contribution in [0.3, 0.4) is 0 Å². The minimum Gasteiger partial charge on any atom is -0.402 e. The lowest BCUT2D eigenvalue weighted by Gasteiger charge is -1.69. The summed E-state index contributed by atoms with van der Waals surface area (Å²) in [4.78, 5) is 6.68. The molecule has 0 aliphatic carbocycles. The molecule has 1 heterocycles. The molecular weight excluding hydrogens is 135 g/mol. The standard InChI is InChI=1S/C4H6N2.BH3O3/c1-4-2-5-3-6-4;2-1(3)4/h2-3H,1H3,(H,5,6);2-4H. The van der Waals surface area contributed by atoms with Gasteiger partial charge in [-0.1, -0.05) is 0 Å². The van der Waals surface area contributed by atoms with Crippen LogP contribution in [0.4, 0.5) is 0 Å². The van der Waals surface area contributed by atoms with Gasteiger partial charge in [0.25, 0.3) is 0 Å². The lowest BCUT2D eigenvalue weighted by atomic mass is 10.3. The summed E-state index contributed by atoms with van der Waals surface area (Å²) in [5, 5.41) is 21.5. The summed E-state index contributed by atoms with van der Waals surface area (Å²) in [6.07, 6.45) is 3.51. The van der Waals surface area contributed by atoms with Crippen molar-refractivity contribution in [2.45, 2.75) is 6.92 Å². The number of H-pyrrole nitrogens is 1. The first kappa shape index (κ1) is 9.15. The second-order valence-corrected chi connectivity index (χ2v) is 1.56. The van der Waals surface area contributed by atoms with E-state index < -0.39 is 7.32 Å². The number of imidazole rings is 1. The zero-order valence-corrected chi connectivity index (χ0v) is 5.52. The molecule has 1 aromatic rings. The predicted octanol–water partition coefficient (Wildman–Crippen LogP) is -1.33. The van der Waals surface area contributed by atoms with Crippen LogP contribution in [0, 0.1) is 6.92 Å². The topological polar surface area (TPSA) is 89.4 Å². The predicted molar refractivity (Wildman–Crippen MR) is 35.7 cm³/mol. The van der Waals surface area contributed by atoms with Crippen molar-refractivity contribution >= 4 is 7.32 Å². The molecule has 0 unspecified atom stereocenters. The molecule has 56 valence electrons. The second kappa shape index (κ2) is 4.98. The molecule has 6 heteroatoms. The van der Waals surface area contributed by atoms with E-state index in [2.05, 4.69) is 9.97 Å². The van der Waals surface area contributed by atoms with Crippen molar-refractivity contribution in [2.75, 3.05) is 0 Å². The van der Waals surface area contributed by atoms with Gasteiger partial charge in [0.15, 0.2) is 0 Å². The highest BCUT2D eigenvalue weighted by Gasteiger charge is 1.92. The Kier molecular flexibility index (Phi) is 4.56. The highest BCUT2D eigenvalue weighted by atomic mass is 16.5. The molecule has 0 amide bonds. The van der Waals surface area contributed by atoms with Gasteiger partial charge in [-0.3, -0.25) is 0 Å². The van der Waals surface area contributed by atoms with Crippen molar-refractivity contribution in [3.8, 4) is 0 Å². The molecular formula is C4H9BN2O3. The van der Waals surface area contributed by atoms with Crippen LogP contribution >= 0.6 is 0 Å². The number of nitrogens with zero attached hydrogens (tertiary/aromatic N) is 1. The molecule has 0 bridgehead atoms. The van der Waals surface area contributed by atoms with Gasteiger partial charge >= 0.3 is 7.32 Å². The third-order valence-electron chi connectivity index (χ3n) is 0.635. The van der Waals surface area contributed by atoms with Crippen LogP contribution < -0.4 is 0 Å². The van der Waals surface area contributed by atoms with Gasteiger partial charge in [0.2, 0.25) is 0 Å². The van der Waals surface area contributed by atoms with E-state index in [-0.39, 0.29) is 0 Å². The van der Waals surface area contributed by atoms with Crippen LogP contribution in [0.5, 0.6) is 0 Å². The SMILES string of the molecule is Cc1c[nH]cn1.OB(O)O. The molecule has 0 saturated carbocycles. The van der Waals surface area contributed by atoms with Gasteiger partial charge in [-0.15, -0.1) is 0 Å². The van der Waals surface area contributed by atoms with Crippen molar-refractivity contribution in [1.29, 1.82) is 0 Å². The fraction of sp³-hybridized carbons (Fsp3) is 0.250. The molecule has 0 spiro atoms. The summed E-state index contributed by atoms with van der Waals surface area (Å²) >= 11 is 0. The Balaban J connectivity index is 0.000000180. The first-order valence-corrected chi connectivity index (χ1v) is 2.62. The van der Waals surface area contributed by atoms with Crippen LogP contribution in [0.2, 0.25) is 0 Å². The normalized spacial score (nSPS) is 8.00. The van der Waals surface area contributed by atoms with E-state index in [0.717, 1.165) is 5.69 Å². The van der Waals surface area contributed by atoms with Crippen molar-refractivity contribution in [3.05, 3.63) is 18.2 Å². The summed E-state index contributed by atoms with van der Waals surface area (Å²) in [6, 6.07) is 0. The van der Waals surface area contributed by atoms with Gasteiger partial charge in [0, 0.05) is 6.20 Å². The van der Waals surface area contributed by atoms with Gasteiger partial charge in [-0.05, 0) is 6.92 Å². The summed E-state index contributed by atoms with van der Waals surface area (Å²) in [5.41, 5.74) is 1.04. The average molecular weight is 144 g/mol. The Labute approximate surface area is 58.5 Å². The average Bonchev–Trinajstić information content (AvgIpc) is 2.15. The zero-order valence-electron chi connectivity index (χ0n) is 5.52. The Morgan fingerprint density at radius 1 is 1.50 bits per heavy atom. The molecule has 5 nitrogen and oxygen atoms in total. The summed E-state index contributed by atoms with van der Waals surface area (Å²) < 4.78 is 0. The van der Waals surface area contributed by atoms with E-state index in [0.29, 0.717) is 0 Å². The van der Waals surface area contributed by atoms with Gasteiger partial charge < -0.3 is 20.1 Å². The molecule has 1 aromatic heterocycles. The molecule has 0 aromatic carbocycles. The highest BCUT2D eigenvalue weighted by Crippen LogP contribution is 1.81. The number of nitrogens with one attached hydrogen (secondary N) is 1. The first-order chi connectivity index (χ1) is 4.63. The molecule has 0 aliphatic heterocycles. The Hall–Kier alpha value is -0.845. The van der Waals surface area contributed by atoms with E-state index in [1.807, 2.05) is 13.1 Å². The Morgan fingerprint density at radius 2 is 2.00 bits per heavy atom. The van der Waals surface area contributed by atoms with Crippen molar-refractivity contribution < 1.29 is 15.1 Å². The third-order valence-corrected chi connectivity index (χ3v) is 0.635.